The first-order chi connectivity index (χ1) is 7.02. The van der Waals surface area contributed by atoms with Crippen LogP contribution in [0.2, 0.25) is 0 Å². The van der Waals surface area contributed by atoms with E-state index in [4.69, 9.17) is 6.57 Å². The standard InChI is InChI=1S/C12H13N3/c1-12(2,3)10-7-14-15-8-9(13-4)5-6-11(10)15/h5-8H,1-3H3. The lowest BCUT2D eigenvalue weighted by Crippen LogP contribution is -2.10. The Balaban J connectivity index is 2.69. The van der Waals surface area contributed by atoms with E-state index >= 15 is 0 Å². The molecule has 0 fully saturated rings. The van der Waals surface area contributed by atoms with Crippen LogP contribution in [0.4, 0.5) is 5.69 Å². The summed E-state index contributed by atoms with van der Waals surface area (Å²) < 4.78 is 1.77. The average Bonchev–Trinajstić information content (AvgIpc) is 2.59. The highest BCUT2D eigenvalue weighted by molar-refractivity contribution is 5.60. The lowest BCUT2D eigenvalue weighted by atomic mass is 9.88. The van der Waals surface area contributed by atoms with Crippen molar-refractivity contribution in [2.24, 2.45) is 0 Å². The lowest BCUT2D eigenvalue weighted by Gasteiger charge is -2.16. The van der Waals surface area contributed by atoms with Crippen LogP contribution in [0, 0.1) is 6.57 Å². The molecular formula is C12H13N3. The Morgan fingerprint density at radius 1 is 1.33 bits per heavy atom. The number of aromatic nitrogens is 2. The maximum Gasteiger partial charge on any atom is 0.205 e. The predicted molar refractivity (Wildman–Crippen MR) is 60.2 cm³/mol. The van der Waals surface area contributed by atoms with Gasteiger partial charge in [-0.1, -0.05) is 26.8 Å². The third kappa shape index (κ3) is 1.59. The normalized spacial score (nSPS) is 11.6. The van der Waals surface area contributed by atoms with Gasteiger partial charge in [0.05, 0.1) is 18.3 Å². The number of pyridine rings is 1. The van der Waals surface area contributed by atoms with Crippen molar-refractivity contribution in [1.82, 2.24) is 9.61 Å². The Bertz CT molecular complexity index is 538. The van der Waals surface area contributed by atoms with Crippen LogP contribution in [-0.4, -0.2) is 9.61 Å². The first kappa shape index (κ1) is 9.72. The molecule has 0 aliphatic carbocycles. The second-order valence-electron chi connectivity index (χ2n) is 4.64. The molecule has 0 aliphatic rings. The van der Waals surface area contributed by atoms with E-state index in [1.54, 1.807) is 10.7 Å². The van der Waals surface area contributed by atoms with E-state index in [0.717, 1.165) is 5.52 Å². The first-order valence-corrected chi connectivity index (χ1v) is 4.88. The van der Waals surface area contributed by atoms with Crippen LogP contribution in [0.5, 0.6) is 0 Å². The van der Waals surface area contributed by atoms with Crippen LogP contribution in [0.25, 0.3) is 10.4 Å². The molecule has 0 saturated carbocycles. The molecule has 0 aromatic carbocycles. The topological polar surface area (TPSA) is 21.7 Å². The van der Waals surface area contributed by atoms with Gasteiger partial charge in [-0.15, -0.1) is 0 Å². The lowest BCUT2D eigenvalue weighted by molar-refractivity contribution is 0.595. The highest BCUT2D eigenvalue weighted by Gasteiger charge is 2.18. The Morgan fingerprint density at radius 2 is 2.07 bits per heavy atom. The molecule has 3 nitrogen and oxygen atoms in total. The van der Waals surface area contributed by atoms with Gasteiger partial charge >= 0.3 is 0 Å². The molecule has 76 valence electrons. The minimum atomic E-state index is 0.0847. The molecule has 3 heteroatoms. The van der Waals surface area contributed by atoms with Crippen molar-refractivity contribution >= 4 is 11.2 Å². The average molecular weight is 199 g/mol. The molecule has 0 spiro atoms. The van der Waals surface area contributed by atoms with E-state index < -0.39 is 0 Å². The summed E-state index contributed by atoms with van der Waals surface area (Å²) in [4.78, 5) is 3.38. The fourth-order valence-corrected chi connectivity index (χ4v) is 1.62. The van der Waals surface area contributed by atoms with E-state index in [1.165, 1.54) is 5.56 Å². The van der Waals surface area contributed by atoms with E-state index in [-0.39, 0.29) is 5.41 Å². The van der Waals surface area contributed by atoms with E-state index in [1.807, 2.05) is 18.3 Å². The highest BCUT2D eigenvalue weighted by atomic mass is 15.2. The molecule has 15 heavy (non-hydrogen) atoms. The molecule has 0 atom stereocenters. The van der Waals surface area contributed by atoms with E-state index in [2.05, 4.69) is 30.7 Å². The minimum Gasteiger partial charge on any atom is -0.251 e. The molecule has 2 rings (SSSR count). The van der Waals surface area contributed by atoms with Crippen molar-refractivity contribution in [2.75, 3.05) is 0 Å². The number of nitrogens with zero attached hydrogens (tertiary/aromatic N) is 3. The summed E-state index contributed by atoms with van der Waals surface area (Å²) in [5.41, 5.74) is 2.99. The number of rotatable bonds is 0. The molecule has 0 saturated heterocycles. The number of hydrogen-bond donors (Lipinski definition) is 0. The van der Waals surface area contributed by atoms with Gasteiger partial charge in [-0.05, 0) is 11.5 Å². The fraction of sp³-hybridized carbons (Fsp3) is 0.333. The van der Waals surface area contributed by atoms with Crippen LogP contribution in [0.15, 0.2) is 24.5 Å². The Labute approximate surface area is 89.2 Å². The quantitative estimate of drug-likeness (QED) is 0.597. The van der Waals surface area contributed by atoms with Crippen LogP contribution in [0.3, 0.4) is 0 Å². The van der Waals surface area contributed by atoms with Gasteiger partial charge in [-0.3, -0.25) is 4.52 Å². The molecule has 0 unspecified atom stereocenters. The van der Waals surface area contributed by atoms with Gasteiger partial charge in [0, 0.05) is 11.8 Å². The zero-order valence-corrected chi connectivity index (χ0v) is 9.15. The Morgan fingerprint density at radius 3 is 2.67 bits per heavy atom. The van der Waals surface area contributed by atoms with Gasteiger partial charge in [-0.2, -0.15) is 5.10 Å². The summed E-state index contributed by atoms with van der Waals surface area (Å²) in [5.74, 6) is 0. The number of hydrogen-bond acceptors (Lipinski definition) is 1. The van der Waals surface area contributed by atoms with Crippen molar-refractivity contribution in [3.63, 3.8) is 0 Å². The molecule has 0 bridgehead atoms. The van der Waals surface area contributed by atoms with Gasteiger partial charge in [0.1, 0.15) is 0 Å². The molecule has 0 amide bonds. The first-order valence-electron chi connectivity index (χ1n) is 4.88. The third-order valence-corrected chi connectivity index (χ3v) is 2.44. The van der Waals surface area contributed by atoms with E-state index in [0.29, 0.717) is 5.69 Å². The van der Waals surface area contributed by atoms with Crippen LogP contribution in [0.1, 0.15) is 26.3 Å². The summed E-state index contributed by atoms with van der Waals surface area (Å²) in [5, 5.41) is 4.27. The van der Waals surface area contributed by atoms with Gasteiger partial charge in [0.25, 0.3) is 0 Å². The minimum absolute atomic E-state index is 0.0847. The second-order valence-corrected chi connectivity index (χ2v) is 4.64. The van der Waals surface area contributed by atoms with Gasteiger partial charge in [0.2, 0.25) is 5.69 Å². The molecule has 2 heterocycles. The number of fused-ring (bicyclic) bond motifs is 1. The smallest absolute Gasteiger partial charge is 0.205 e. The van der Waals surface area contributed by atoms with Crippen LogP contribution in [-0.2, 0) is 5.41 Å². The van der Waals surface area contributed by atoms with Crippen molar-refractivity contribution < 1.29 is 0 Å². The second kappa shape index (κ2) is 3.09. The van der Waals surface area contributed by atoms with Crippen molar-refractivity contribution in [3.8, 4) is 0 Å². The maximum absolute atomic E-state index is 6.93. The van der Waals surface area contributed by atoms with Gasteiger partial charge in [-0.25, -0.2) is 4.85 Å². The summed E-state index contributed by atoms with van der Waals surface area (Å²) in [6, 6.07) is 3.79. The Kier molecular flexibility index (Phi) is 2.01. The van der Waals surface area contributed by atoms with Gasteiger partial charge < -0.3 is 0 Å². The molecule has 2 aromatic heterocycles. The predicted octanol–water partition coefficient (Wildman–Crippen LogP) is 3.18. The zero-order valence-electron chi connectivity index (χ0n) is 9.15. The van der Waals surface area contributed by atoms with Crippen molar-refractivity contribution in [2.45, 2.75) is 26.2 Å². The molecular weight excluding hydrogens is 186 g/mol. The monoisotopic (exact) mass is 199 g/mol. The van der Waals surface area contributed by atoms with Crippen molar-refractivity contribution in [3.05, 3.63) is 41.5 Å². The third-order valence-electron chi connectivity index (χ3n) is 2.44. The molecule has 2 aromatic rings. The van der Waals surface area contributed by atoms with E-state index in [9.17, 15) is 0 Å². The fourth-order valence-electron chi connectivity index (χ4n) is 1.62. The molecule has 0 radical (unpaired) electrons. The summed E-state index contributed by atoms with van der Waals surface area (Å²) in [6.07, 6.45) is 3.64. The van der Waals surface area contributed by atoms with Gasteiger partial charge in [0.15, 0.2) is 0 Å². The largest absolute Gasteiger partial charge is 0.251 e. The highest BCUT2D eigenvalue weighted by Crippen LogP contribution is 2.27. The SMILES string of the molecule is [C-]#[N+]c1ccc2c(C(C)(C)C)cnn2c1. The van der Waals surface area contributed by atoms with Crippen molar-refractivity contribution in [1.29, 1.82) is 0 Å². The summed E-state index contributed by atoms with van der Waals surface area (Å²) in [6.45, 7) is 13.4. The molecule has 0 N–H and O–H groups in total. The maximum atomic E-state index is 6.93. The van der Waals surface area contributed by atoms with Crippen LogP contribution >= 0.6 is 0 Å². The Hall–Kier alpha value is -1.82. The summed E-state index contributed by atoms with van der Waals surface area (Å²) in [7, 11) is 0. The molecule has 0 aliphatic heterocycles. The van der Waals surface area contributed by atoms with Crippen LogP contribution < -0.4 is 0 Å². The summed E-state index contributed by atoms with van der Waals surface area (Å²) >= 11 is 0. The zero-order chi connectivity index (χ0) is 11.1.